The highest BCUT2D eigenvalue weighted by atomic mass is 15.1. The van der Waals surface area contributed by atoms with Crippen LogP contribution in [-0.4, -0.2) is 13.1 Å². The molecule has 1 aliphatic carbocycles. The lowest BCUT2D eigenvalue weighted by Crippen LogP contribution is -2.23. The number of rotatable bonds is 6. The van der Waals surface area contributed by atoms with Crippen LogP contribution in [0.3, 0.4) is 0 Å². The highest BCUT2D eigenvalue weighted by Gasteiger charge is 2.27. The van der Waals surface area contributed by atoms with Crippen LogP contribution in [0.25, 0.3) is 10.4 Å². The van der Waals surface area contributed by atoms with Gasteiger partial charge in [-0.15, -0.1) is 0 Å². The van der Waals surface area contributed by atoms with Crippen molar-refractivity contribution < 1.29 is 0 Å². The van der Waals surface area contributed by atoms with Crippen LogP contribution in [0, 0.1) is 11.3 Å². The van der Waals surface area contributed by atoms with E-state index in [1.165, 1.54) is 18.4 Å². The van der Waals surface area contributed by atoms with Gasteiger partial charge in [-0.25, -0.2) is 0 Å². The first-order valence-electron chi connectivity index (χ1n) is 6.09. The molecule has 0 aromatic heterocycles. The smallest absolute Gasteiger partial charge is 0.121 e. The van der Waals surface area contributed by atoms with E-state index < -0.39 is 0 Å². The summed E-state index contributed by atoms with van der Waals surface area (Å²) in [6.45, 7) is 0.877. The van der Waals surface area contributed by atoms with Gasteiger partial charge in [0.1, 0.15) is 6.04 Å². The molecule has 0 amide bonds. The summed E-state index contributed by atoms with van der Waals surface area (Å²) < 4.78 is 0. The lowest BCUT2D eigenvalue weighted by atomic mass is 9.98. The third kappa shape index (κ3) is 3.01. The normalized spacial score (nSPS) is 15.5. The van der Waals surface area contributed by atoms with Crippen LogP contribution in [-0.2, 0) is 0 Å². The fourth-order valence-corrected chi connectivity index (χ4v) is 2.07. The number of hydrogen-bond donors (Lipinski definition) is 1. The van der Waals surface area contributed by atoms with Crippen molar-refractivity contribution in [3.63, 3.8) is 0 Å². The molecule has 1 atom stereocenters. The summed E-state index contributed by atoms with van der Waals surface area (Å²) in [5.74, 6) is 0.621. The first-order valence-corrected chi connectivity index (χ1v) is 6.09. The molecule has 1 fully saturated rings. The summed E-state index contributed by atoms with van der Waals surface area (Å²) in [7, 11) is 0. The third-order valence-corrected chi connectivity index (χ3v) is 3.08. The maximum atomic E-state index is 9.25. The Bertz CT molecular complexity index is 494. The van der Waals surface area contributed by atoms with Crippen molar-refractivity contribution in [1.29, 1.82) is 5.26 Å². The summed E-state index contributed by atoms with van der Waals surface area (Å²) in [6.07, 6.45) is 2.43. The van der Waals surface area contributed by atoms with Crippen molar-refractivity contribution in [2.75, 3.05) is 13.1 Å². The van der Waals surface area contributed by atoms with Gasteiger partial charge < -0.3 is 0 Å². The molecule has 0 radical (unpaired) electrons. The maximum absolute atomic E-state index is 9.25. The first kappa shape index (κ1) is 12.4. The van der Waals surface area contributed by atoms with Gasteiger partial charge in [-0.05, 0) is 35.4 Å². The molecule has 5 nitrogen and oxygen atoms in total. The van der Waals surface area contributed by atoms with E-state index in [9.17, 15) is 5.26 Å². The average molecular weight is 241 g/mol. The molecule has 0 bridgehead atoms. The SMILES string of the molecule is N#CC(NCCN=[N+]=[N-])c1ccccc1C1CC1. The molecule has 1 saturated carbocycles. The Labute approximate surface area is 106 Å². The minimum Gasteiger partial charge on any atom is -0.298 e. The van der Waals surface area contributed by atoms with Crippen molar-refractivity contribution >= 4 is 0 Å². The van der Waals surface area contributed by atoms with E-state index in [1.807, 2.05) is 18.2 Å². The standard InChI is InChI=1S/C13H15N5/c14-9-13(16-7-8-17-18-15)12-4-2-1-3-11(12)10-5-6-10/h1-4,10,13,16H,5-8H2. The van der Waals surface area contributed by atoms with E-state index in [0.717, 1.165) is 5.56 Å². The molecule has 0 saturated heterocycles. The number of nitrogens with zero attached hydrogens (tertiary/aromatic N) is 4. The molecule has 5 heteroatoms. The van der Waals surface area contributed by atoms with Gasteiger partial charge in [-0.3, -0.25) is 5.32 Å². The molecule has 0 spiro atoms. The first-order chi connectivity index (χ1) is 8.86. The lowest BCUT2D eigenvalue weighted by Gasteiger charge is -2.15. The van der Waals surface area contributed by atoms with Crippen LogP contribution in [0.4, 0.5) is 0 Å². The molecule has 0 aliphatic heterocycles. The van der Waals surface area contributed by atoms with Gasteiger partial charge in [-0.1, -0.05) is 29.4 Å². The van der Waals surface area contributed by atoms with Crippen LogP contribution < -0.4 is 5.32 Å². The third-order valence-electron chi connectivity index (χ3n) is 3.08. The van der Waals surface area contributed by atoms with Crippen LogP contribution in [0.5, 0.6) is 0 Å². The molecule has 0 heterocycles. The Morgan fingerprint density at radius 2 is 2.28 bits per heavy atom. The zero-order valence-electron chi connectivity index (χ0n) is 10.1. The number of benzene rings is 1. The van der Waals surface area contributed by atoms with Gasteiger partial charge in [0.05, 0.1) is 6.07 Å². The second kappa shape index (κ2) is 6.06. The van der Waals surface area contributed by atoms with Gasteiger partial charge in [0.2, 0.25) is 0 Å². The van der Waals surface area contributed by atoms with Gasteiger partial charge in [0, 0.05) is 18.0 Å². The van der Waals surface area contributed by atoms with Gasteiger partial charge in [0.15, 0.2) is 0 Å². The van der Waals surface area contributed by atoms with E-state index >= 15 is 0 Å². The van der Waals surface area contributed by atoms with E-state index in [2.05, 4.69) is 27.5 Å². The van der Waals surface area contributed by atoms with Crippen molar-refractivity contribution in [1.82, 2.24) is 5.32 Å². The molecular formula is C13H15N5. The number of nitrogens with one attached hydrogen (secondary N) is 1. The average Bonchev–Trinajstić information content (AvgIpc) is 3.24. The van der Waals surface area contributed by atoms with Crippen molar-refractivity contribution in [3.8, 4) is 6.07 Å². The van der Waals surface area contributed by atoms with E-state index in [1.54, 1.807) is 0 Å². The fourth-order valence-electron chi connectivity index (χ4n) is 2.07. The van der Waals surface area contributed by atoms with Crippen LogP contribution in [0.1, 0.15) is 35.9 Å². The quantitative estimate of drug-likeness (QED) is 0.359. The number of nitriles is 1. The Balaban J connectivity index is 2.07. The summed E-state index contributed by atoms with van der Waals surface area (Å²) in [5, 5.41) is 15.8. The Morgan fingerprint density at radius 1 is 1.50 bits per heavy atom. The summed E-state index contributed by atoms with van der Waals surface area (Å²) >= 11 is 0. The number of hydrogen-bond acceptors (Lipinski definition) is 3. The Hall–Kier alpha value is -2.02. The van der Waals surface area contributed by atoms with Crippen LogP contribution >= 0.6 is 0 Å². The van der Waals surface area contributed by atoms with E-state index in [0.29, 0.717) is 19.0 Å². The predicted molar refractivity (Wildman–Crippen MR) is 68.8 cm³/mol. The van der Waals surface area contributed by atoms with Crippen LogP contribution in [0.15, 0.2) is 29.4 Å². The molecule has 1 aromatic rings. The molecule has 92 valence electrons. The zero-order chi connectivity index (χ0) is 12.8. The Morgan fingerprint density at radius 3 is 2.94 bits per heavy atom. The molecule has 1 N–H and O–H groups in total. The zero-order valence-corrected chi connectivity index (χ0v) is 10.1. The highest BCUT2D eigenvalue weighted by molar-refractivity contribution is 5.37. The topological polar surface area (TPSA) is 84.6 Å². The van der Waals surface area contributed by atoms with Gasteiger partial charge >= 0.3 is 0 Å². The maximum Gasteiger partial charge on any atom is 0.121 e. The largest absolute Gasteiger partial charge is 0.298 e. The second-order valence-corrected chi connectivity index (χ2v) is 4.37. The van der Waals surface area contributed by atoms with Crippen molar-refractivity contribution in [2.45, 2.75) is 24.8 Å². The van der Waals surface area contributed by atoms with E-state index in [4.69, 9.17) is 5.53 Å². The Kier molecular flexibility index (Phi) is 4.19. The molecule has 1 aliphatic rings. The molecular weight excluding hydrogens is 226 g/mol. The monoisotopic (exact) mass is 241 g/mol. The summed E-state index contributed by atoms with van der Waals surface area (Å²) in [4.78, 5) is 2.69. The molecule has 18 heavy (non-hydrogen) atoms. The molecule has 1 aromatic carbocycles. The van der Waals surface area contributed by atoms with Gasteiger partial charge in [0.25, 0.3) is 0 Å². The molecule has 2 rings (SSSR count). The lowest BCUT2D eigenvalue weighted by molar-refractivity contribution is 0.630. The minimum atomic E-state index is -0.323. The highest BCUT2D eigenvalue weighted by Crippen LogP contribution is 2.42. The van der Waals surface area contributed by atoms with Crippen molar-refractivity contribution in [2.24, 2.45) is 5.11 Å². The molecule has 1 unspecified atom stereocenters. The predicted octanol–water partition coefficient (Wildman–Crippen LogP) is 3.03. The number of azide groups is 1. The minimum absolute atomic E-state index is 0.323. The van der Waals surface area contributed by atoms with Crippen molar-refractivity contribution in [3.05, 3.63) is 45.8 Å². The summed E-state index contributed by atoms with van der Waals surface area (Å²) in [5.41, 5.74) is 10.5. The fraction of sp³-hybridized carbons (Fsp3) is 0.462. The van der Waals surface area contributed by atoms with Gasteiger partial charge in [-0.2, -0.15) is 5.26 Å². The summed E-state index contributed by atoms with van der Waals surface area (Å²) in [6, 6.07) is 10.0. The van der Waals surface area contributed by atoms with Crippen LogP contribution in [0.2, 0.25) is 0 Å². The second-order valence-electron chi connectivity index (χ2n) is 4.37. The van der Waals surface area contributed by atoms with E-state index in [-0.39, 0.29) is 6.04 Å².